The predicted octanol–water partition coefficient (Wildman–Crippen LogP) is 3.24. The van der Waals surface area contributed by atoms with Crippen LogP contribution in [0, 0.1) is 6.92 Å². The molecule has 1 aromatic rings. The second kappa shape index (κ2) is 3.14. The molecule has 0 saturated heterocycles. The maximum atomic E-state index is 3.88. The lowest BCUT2D eigenvalue weighted by Gasteiger charge is -2.02. The molecular weight excluding hydrogens is 144 g/mol. The SMILES string of the molecule is [CH2]CCC1=CCc2ccccc21. The van der Waals surface area contributed by atoms with Crippen LogP contribution in [0.25, 0.3) is 5.57 Å². The first kappa shape index (κ1) is 7.60. The first-order valence-electron chi connectivity index (χ1n) is 4.48. The number of fused-ring (bicyclic) bond motifs is 1. The first-order valence-corrected chi connectivity index (χ1v) is 4.48. The van der Waals surface area contributed by atoms with E-state index >= 15 is 0 Å². The average Bonchev–Trinajstić information content (AvgIpc) is 2.50. The highest BCUT2D eigenvalue weighted by atomic mass is 14.2. The molecular formula is C12H13. The third-order valence-electron chi connectivity index (χ3n) is 2.38. The van der Waals surface area contributed by atoms with Crippen molar-refractivity contribution >= 4 is 5.57 Å². The van der Waals surface area contributed by atoms with Gasteiger partial charge in [0, 0.05) is 0 Å². The van der Waals surface area contributed by atoms with Crippen molar-refractivity contribution in [1.29, 1.82) is 0 Å². The molecule has 0 heteroatoms. The Balaban J connectivity index is 2.32. The lowest BCUT2D eigenvalue weighted by Crippen LogP contribution is -1.82. The fourth-order valence-electron chi connectivity index (χ4n) is 1.78. The van der Waals surface area contributed by atoms with E-state index in [1.54, 1.807) is 0 Å². The molecule has 0 bridgehead atoms. The summed E-state index contributed by atoms with van der Waals surface area (Å²) in [5, 5.41) is 0. The monoisotopic (exact) mass is 157 g/mol. The van der Waals surface area contributed by atoms with E-state index in [-0.39, 0.29) is 0 Å². The van der Waals surface area contributed by atoms with Crippen molar-refractivity contribution in [2.24, 2.45) is 0 Å². The van der Waals surface area contributed by atoms with E-state index in [0.717, 1.165) is 19.3 Å². The molecule has 1 aliphatic carbocycles. The molecule has 1 aliphatic rings. The molecule has 1 aromatic carbocycles. The van der Waals surface area contributed by atoms with Crippen molar-refractivity contribution in [3.05, 3.63) is 48.4 Å². The van der Waals surface area contributed by atoms with Crippen molar-refractivity contribution in [3.8, 4) is 0 Å². The van der Waals surface area contributed by atoms with E-state index < -0.39 is 0 Å². The van der Waals surface area contributed by atoms with Gasteiger partial charge in [-0.25, -0.2) is 0 Å². The number of benzene rings is 1. The van der Waals surface area contributed by atoms with E-state index in [2.05, 4.69) is 37.3 Å². The van der Waals surface area contributed by atoms with Crippen LogP contribution in [0.5, 0.6) is 0 Å². The van der Waals surface area contributed by atoms with Crippen molar-refractivity contribution in [2.45, 2.75) is 19.3 Å². The van der Waals surface area contributed by atoms with Gasteiger partial charge in [-0.15, -0.1) is 0 Å². The zero-order valence-corrected chi connectivity index (χ0v) is 7.22. The molecule has 0 fully saturated rings. The van der Waals surface area contributed by atoms with Crippen LogP contribution in [0.4, 0.5) is 0 Å². The minimum atomic E-state index is 1.00. The van der Waals surface area contributed by atoms with Crippen LogP contribution < -0.4 is 0 Å². The molecule has 0 spiro atoms. The van der Waals surface area contributed by atoms with Gasteiger partial charge >= 0.3 is 0 Å². The van der Waals surface area contributed by atoms with E-state index in [1.165, 1.54) is 16.7 Å². The Bertz CT molecular complexity index is 308. The second-order valence-electron chi connectivity index (χ2n) is 3.19. The van der Waals surface area contributed by atoms with Crippen LogP contribution in [0.1, 0.15) is 24.0 Å². The molecule has 61 valence electrons. The summed E-state index contributed by atoms with van der Waals surface area (Å²) in [6.45, 7) is 3.88. The van der Waals surface area contributed by atoms with Crippen LogP contribution in [0.15, 0.2) is 30.3 Å². The van der Waals surface area contributed by atoms with E-state index in [0.29, 0.717) is 0 Å². The lowest BCUT2D eigenvalue weighted by molar-refractivity contribution is 1.07. The Morgan fingerprint density at radius 1 is 1.25 bits per heavy atom. The molecule has 12 heavy (non-hydrogen) atoms. The Kier molecular flexibility index (Phi) is 1.99. The van der Waals surface area contributed by atoms with Crippen LogP contribution in [-0.4, -0.2) is 0 Å². The Hall–Kier alpha value is -1.04. The summed E-state index contributed by atoms with van der Waals surface area (Å²) in [5.41, 5.74) is 4.41. The van der Waals surface area contributed by atoms with Crippen LogP contribution in [0.2, 0.25) is 0 Å². The normalized spacial score (nSPS) is 14.2. The fourth-order valence-corrected chi connectivity index (χ4v) is 1.78. The number of allylic oxidation sites excluding steroid dienone is 2. The van der Waals surface area contributed by atoms with Gasteiger partial charge in [-0.3, -0.25) is 0 Å². The zero-order valence-electron chi connectivity index (χ0n) is 7.22. The van der Waals surface area contributed by atoms with Gasteiger partial charge in [0.1, 0.15) is 0 Å². The van der Waals surface area contributed by atoms with Gasteiger partial charge in [0.2, 0.25) is 0 Å². The van der Waals surface area contributed by atoms with Crippen LogP contribution in [0.3, 0.4) is 0 Å². The maximum Gasteiger partial charge on any atom is -0.00854 e. The third kappa shape index (κ3) is 1.18. The van der Waals surface area contributed by atoms with Gasteiger partial charge in [-0.05, 0) is 36.0 Å². The highest BCUT2D eigenvalue weighted by molar-refractivity contribution is 5.72. The molecule has 0 amide bonds. The van der Waals surface area contributed by atoms with Gasteiger partial charge < -0.3 is 0 Å². The molecule has 0 aromatic heterocycles. The van der Waals surface area contributed by atoms with Crippen molar-refractivity contribution in [3.63, 3.8) is 0 Å². The number of rotatable bonds is 2. The quantitative estimate of drug-likeness (QED) is 0.618. The summed E-state index contributed by atoms with van der Waals surface area (Å²) in [7, 11) is 0. The Labute approximate surface area is 73.9 Å². The molecule has 0 unspecified atom stereocenters. The summed E-state index contributed by atoms with van der Waals surface area (Å²) < 4.78 is 0. The lowest BCUT2D eigenvalue weighted by atomic mass is 10.0. The maximum absolute atomic E-state index is 3.88. The molecule has 1 radical (unpaired) electrons. The van der Waals surface area contributed by atoms with E-state index in [1.807, 2.05) is 0 Å². The van der Waals surface area contributed by atoms with E-state index in [4.69, 9.17) is 0 Å². The van der Waals surface area contributed by atoms with Crippen molar-refractivity contribution < 1.29 is 0 Å². The highest BCUT2D eigenvalue weighted by Gasteiger charge is 2.11. The molecule has 0 saturated carbocycles. The fraction of sp³-hybridized carbons (Fsp3) is 0.250. The molecule has 0 heterocycles. The summed E-state index contributed by atoms with van der Waals surface area (Å²) in [6.07, 6.45) is 5.57. The number of hydrogen-bond donors (Lipinski definition) is 0. The largest absolute Gasteiger partial charge is 0.0763 e. The van der Waals surface area contributed by atoms with E-state index in [9.17, 15) is 0 Å². The Morgan fingerprint density at radius 3 is 2.92 bits per heavy atom. The summed E-state index contributed by atoms with van der Waals surface area (Å²) >= 11 is 0. The van der Waals surface area contributed by atoms with Gasteiger partial charge in [-0.2, -0.15) is 0 Å². The minimum Gasteiger partial charge on any atom is -0.0763 e. The molecule has 0 aliphatic heterocycles. The van der Waals surface area contributed by atoms with Gasteiger partial charge in [0.15, 0.2) is 0 Å². The van der Waals surface area contributed by atoms with Gasteiger partial charge in [0.25, 0.3) is 0 Å². The topological polar surface area (TPSA) is 0 Å². The molecule has 2 rings (SSSR count). The summed E-state index contributed by atoms with van der Waals surface area (Å²) in [4.78, 5) is 0. The Morgan fingerprint density at radius 2 is 2.08 bits per heavy atom. The zero-order chi connectivity index (χ0) is 8.39. The van der Waals surface area contributed by atoms with Crippen molar-refractivity contribution in [2.75, 3.05) is 0 Å². The standard InChI is InChI=1S/C12H13/c1-2-5-10-8-9-11-6-3-4-7-12(10)11/h3-4,6-8H,1-2,5,9H2. The van der Waals surface area contributed by atoms with Gasteiger partial charge in [0.05, 0.1) is 0 Å². The summed E-state index contributed by atoms with van der Waals surface area (Å²) in [5.74, 6) is 0. The molecule has 0 atom stereocenters. The minimum absolute atomic E-state index is 1.00. The number of hydrogen-bond acceptors (Lipinski definition) is 0. The van der Waals surface area contributed by atoms with Gasteiger partial charge in [-0.1, -0.05) is 37.3 Å². The third-order valence-corrected chi connectivity index (χ3v) is 2.38. The smallest absolute Gasteiger partial charge is 0.00854 e. The van der Waals surface area contributed by atoms with Crippen molar-refractivity contribution in [1.82, 2.24) is 0 Å². The second-order valence-corrected chi connectivity index (χ2v) is 3.19. The molecule has 0 nitrogen and oxygen atoms in total. The predicted molar refractivity (Wildman–Crippen MR) is 52.7 cm³/mol. The first-order chi connectivity index (χ1) is 5.92. The molecule has 0 N–H and O–H groups in total. The van der Waals surface area contributed by atoms with Crippen LogP contribution in [-0.2, 0) is 6.42 Å². The average molecular weight is 157 g/mol. The van der Waals surface area contributed by atoms with Crippen LogP contribution >= 0.6 is 0 Å². The summed E-state index contributed by atoms with van der Waals surface area (Å²) in [6, 6.07) is 8.65. The highest BCUT2D eigenvalue weighted by Crippen LogP contribution is 2.29.